The first-order valence-corrected chi connectivity index (χ1v) is 7.53. The Morgan fingerprint density at radius 2 is 1.00 bits per heavy atom. The molecule has 28 heavy (non-hydrogen) atoms. The Morgan fingerprint density at radius 1 is 0.643 bits per heavy atom. The van der Waals surface area contributed by atoms with E-state index >= 15 is 0 Å². The van der Waals surface area contributed by atoms with Gasteiger partial charge in [0.2, 0.25) is 0 Å². The van der Waals surface area contributed by atoms with E-state index in [-0.39, 0.29) is 37.4 Å². The molecule has 2 aromatic carbocycles. The van der Waals surface area contributed by atoms with E-state index < -0.39 is 0 Å². The molecule has 0 aliphatic heterocycles. The van der Waals surface area contributed by atoms with Crippen LogP contribution in [0.2, 0.25) is 10.0 Å². The molecule has 0 spiro atoms. The molecule has 0 aliphatic rings. The SMILES string of the molecule is Clc1ccnc2c1ccc1ccc3c(Cl)ccnc3c12.[Br-].[C-]#[O+].[C-]#[O+].[C-]#[O+].[Re]. The molecule has 5 nitrogen and oxygen atoms in total. The topological polar surface area (TPSA) is 85.5 Å². The minimum Gasteiger partial charge on any atom is 0 e. The summed E-state index contributed by atoms with van der Waals surface area (Å²) in [6.45, 7) is 13.5. The summed E-state index contributed by atoms with van der Waals surface area (Å²) in [6, 6.07) is 11.6. The Bertz CT molecular complexity index is 1040. The third kappa shape index (κ3) is 5.73. The van der Waals surface area contributed by atoms with Crippen molar-refractivity contribution in [1.29, 1.82) is 0 Å². The van der Waals surface area contributed by atoms with E-state index in [4.69, 9.17) is 37.2 Å². The average Bonchev–Trinajstić information content (AvgIpc) is 2.72. The summed E-state index contributed by atoms with van der Waals surface area (Å²) in [5.74, 6) is 0. The van der Waals surface area contributed by atoms with Crippen LogP contribution >= 0.6 is 23.2 Å². The third-order valence-electron chi connectivity index (χ3n) is 3.50. The van der Waals surface area contributed by atoms with Gasteiger partial charge in [-0.3, -0.25) is 9.97 Å². The zero-order valence-electron chi connectivity index (χ0n) is 13.7. The van der Waals surface area contributed by atoms with Crippen LogP contribution in [0.1, 0.15) is 0 Å². The maximum atomic E-state index is 7.50. The minimum absolute atomic E-state index is 0. The summed E-state index contributed by atoms with van der Waals surface area (Å²) in [5.41, 5.74) is 1.71. The van der Waals surface area contributed by atoms with Gasteiger partial charge in [-0.1, -0.05) is 47.5 Å². The Labute approximate surface area is 195 Å². The number of nitrogens with zero attached hydrogens (tertiary/aromatic N) is 2. The van der Waals surface area contributed by atoms with Crippen LogP contribution in [0, 0.1) is 20.0 Å². The zero-order chi connectivity index (χ0) is 19.7. The Kier molecular flexibility index (Phi) is 14.8. The summed E-state index contributed by atoms with van der Waals surface area (Å²) in [4.78, 5) is 8.96. The van der Waals surface area contributed by atoms with Crippen molar-refractivity contribution in [1.82, 2.24) is 9.97 Å². The summed E-state index contributed by atoms with van der Waals surface area (Å²) in [6.07, 6.45) is 3.43. The van der Waals surface area contributed by atoms with Gasteiger partial charge >= 0.3 is 33.9 Å². The van der Waals surface area contributed by atoms with Crippen LogP contribution in [0.4, 0.5) is 0 Å². The second-order valence-corrected chi connectivity index (χ2v) is 5.42. The molecule has 0 saturated heterocycles. The van der Waals surface area contributed by atoms with Crippen LogP contribution < -0.4 is 17.0 Å². The maximum absolute atomic E-state index is 7.50. The number of rotatable bonds is 0. The third-order valence-corrected chi connectivity index (χ3v) is 4.15. The smallest absolute Gasteiger partial charge is 0 e. The molecule has 0 fully saturated rings. The van der Waals surface area contributed by atoms with Crippen LogP contribution in [0.15, 0.2) is 48.8 Å². The number of pyridine rings is 2. The van der Waals surface area contributed by atoms with Crippen molar-refractivity contribution in [2.24, 2.45) is 0 Å². The van der Waals surface area contributed by atoms with Crippen LogP contribution in [-0.4, -0.2) is 9.97 Å². The van der Waals surface area contributed by atoms with E-state index in [0.717, 1.165) is 32.6 Å². The van der Waals surface area contributed by atoms with Crippen molar-refractivity contribution >= 4 is 55.8 Å². The number of hydrogen-bond acceptors (Lipinski definition) is 2. The summed E-state index contributed by atoms with van der Waals surface area (Å²) >= 11 is 12.5. The number of fused-ring (bicyclic) bond motifs is 5. The molecule has 0 N–H and O–H groups in total. The number of benzene rings is 2. The van der Waals surface area contributed by atoms with Crippen molar-refractivity contribution in [3.63, 3.8) is 0 Å². The molecule has 0 atom stereocenters. The van der Waals surface area contributed by atoms with E-state index in [1.807, 2.05) is 24.3 Å². The predicted molar refractivity (Wildman–Crippen MR) is 96.4 cm³/mol. The van der Waals surface area contributed by atoms with E-state index in [0.29, 0.717) is 10.0 Å². The molecule has 141 valence electrons. The number of aromatic nitrogens is 2. The normalized spacial score (nSPS) is 8.43. The van der Waals surface area contributed by atoms with Gasteiger partial charge in [-0.25, -0.2) is 0 Å². The molecule has 2 aromatic heterocycles. The first kappa shape index (κ1) is 28.7. The van der Waals surface area contributed by atoms with Crippen molar-refractivity contribution in [3.8, 4) is 0 Å². The van der Waals surface area contributed by atoms with Crippen LogP contribution in [0.25, 0.3) is 32.6 Å². The zero-order valence-corrected chi connectivity index (χ0v) is 19.6. The van der Waals surface area contributed by atoms with Crippen molar-refractivity contribution in [2.75, 3.05) is 0 Å². The monoisotopic (exact) mass is 648 g/mol. The van der Waals surface area contributed by atoms with Crippen LogP contribution in [0.3, 0.4) is 0 Å². The van der Waals surface area contributed by atoms with Gasteiger partial charge in [0, 0.05) is 49.0 Å². The quantitative estimate of drug-likeness (QED) is 0.166. The molecule has 0 amide bonds. The second kappa shape index (κ2) is 14.5. The second-order valence-electron chi connectivity index (χ2n) is 4.61. The van der Waals surface area contributed by atoms with E-state index in [1.54, 1.807) is 24.5 Å². The predicted octanol–water partition coefficient (Wildman–Crippen LogP) is 2.13. The van der Waals surface area contributed by atoms with Gasteiger partial charge in [0.25, 0.3) is 0 Å². The van der Waals surface area contributed by atoms with Gasteiger partial charge in [-0.15, -0.1) is 0 Å². The summed E-state index contributed by atoms with van der Waals surface area (Å²) in [5, 5.41) is 5.30. The van der Waals surface area contributed by atoms with Crippen molar-refractivity contribution in [2.45, 2.75) is 0 Å². The van der Waals surface area contributed by atoms with Crippen molar-refractivity contribution in [3.05, 3.63) is 78.8 Å². The maximum Gasteiger partial charge on any atom is 0 e. The van der Waals surface area contributed by atoms with Gasteiger partial charge in [0.05, 0.1) is 21.1 Å². The fraction of sp³-hybridized carbons (Fsp3) is 0. The van der Waals surface area contributed by atoms with E-state index in [1.165, 1.54) is 0 Å². The Morgan fingerprint density at radius 3 is 1.36 bits per heavy atom. The first-order chi connectivity index (χ1) is 12.8. The van der Waals surface area contributed by atoms with Gasteiger partial charge in [-0.05, 0) is 17.5 Å². The molecular weight excluding hydrogens is 641 g/mol. The molecule has 0 saturated carbocycles. The Hall–Kier alpha value is -1.54. The largest absolute Gasteiger partial charge is 0 e. The molecule has 0 bridgehead atoms. The van der Waals surface area contributed by atoms with E-state index in [2.05, 4.69) is 29.9 Å². The number of halogens is 3. The molecule has 4 rings (SSSR count). The molecule has 1 radical (unpaired) electrons. The molecule has 9 heteroatoms. The molecular formula is C19H8BrCl2N2O3Re-. The first-order valence-electron chi connectivity index (χ1n) is 6.77. The van der Waals surface area contributed by atoms with Crippen LogP contribution in [0.5, 0.6) is 0 Å². The average molecular weight is 649 g/mol. The molecule has 0 aliphatic carbocycles. The fourth-order valence-corrected chi connectivity index (χ4v) is 2.99. The Balaban J connectivity index is 0. The standard InChI is InChI=1S/C16H8Cl2N2.3CO.BrH.Re/c17-12-5-7-19-15-10(12)3-1-9-2-4-11-13(18)6-8-20-16(11)14(9)15;3*1-2;;/h1-8H;;;;1H;/p-1. The van der Waals surface area contributed by atoms with E-state index in [9.17, 15) is 0 Å². The summed E-state index contributed by atoms with van der Waals surface area (Å²) < 4.78 is 22.5. The molecule has 2 heterocycles. The molecule has 0 unspecified atom stereocenters. The van der Waals surface area contributed by atoms with Gasteiger partial charge in [0.1, 0.15) is 0 Å². The summed E-state index contributed by atoms with van der Waals surface area (Å²) in [7, 11) is 0. The van der Waals surface area contributed by atoms with Gasteiger partial charge in [0.15, 0.2) is 0 Å². The minimum atomic E-state index is 0. The fourth-order valence-electron chi connectivity index (χ4n) is 2.57. The van der Waals surface area contributed by atoms with Crippen molar-refractivity contribution < 1.29 is 51.4 Å². The van der Waals surface area contributed by atoms with Gasteiger partial charge < -0.3 is 17.0 Å². The van der Waals surface area contributed by atoms with Crippen LogP contribution in [-0.2, 0) is 34.4 Å². The molecule has 4 aromatic rings. The van der Waals surface area contributed by atoms with Gasteiger partial charge in [-0.2, -0.15) is 0 Å². The number of hydrogen-bond donors (Lipinski definition) is 0.